The Bertz CT molecular complexity index is 5840. The number of para-hydroxylation sites is 4. The maximum absolute atomic E-state index is 4.82. The summed E-state index contributed by atoms with van der Waals surface area (Å²) in [5, 5.41) is 14.7. The van der Waals surface area contributed by atoms with Gasteiger partial charge in [-0.15, -0.1) is 0 Å². The second-order valence-corrected chi connectivity index (χ2v) is 28.7. The van der Waals surface area contributed by atoms with Gasteiger partial charge in [-0.3, -0.25) is 4.98 Å². The van der Waals surface area contributed by atoms with Crippen LogP contribution in [-0.4, -0.2) is 148 Å². The van der Waals surface area contributed by atoms with E-state index in [9.17, 15) is 0 Å². The monoisotopic (exact) mass is 1450 g/mol. The number of benzene rings is 9. The van der Waals surface area contributed by atoms with Crippen molar-refractivity contribution < 1.29 is 0 Å². The van der Waals surface area contributed by atoms with Gasteiger partial charge in [0.25, 0.3) is 0 Å². The summed E-state index contributed by atoms with van der Waals surface area (Å²) in [6.45, 7) is 0. The van der Waals surface area contributed by atoms with Crippen molar-refractivity contribution in [2.45, 2.75) is 0 Å². The Hall–Kier alpha value is -9.40. The first-order valence-electron chi connectivity index (χ1n) is 30.5. The first kappa shape index (κ1) is 60.8. The van der Waals surface area contributed by atoms with E-state index in [1.54, 1.807) is 12.5 Å². The van der Waals surface area contributed by atoms with Crippen LogP contribution in [0, 0.1) is 0 Å². The predicted octanol–water partition coefficient (Wildman–Crippen LogP) is 14.1. The van der Waals surface area contributed by atoms with Gasteiger partial charge >= 0.3 is 499 Å². The van der Waals surface area contributed by atoms with E-state index < -0.39 is 0 Å². The van der Waals surface area contributed by atoms with Crippen molar-refractivity contribution in [3.05, 3.63) is 293 Å². The molecule has 0 aliphatic rings. The van der Waals surface area contributed by atoms with Crippen LogP contribution in [0.25, 0.3) is 154 Å². The fourth-order valence-corrected chi connectivity index (χ4v) is 17.0. The normalized spacial score (nSPS) is 11.2. The molecule has 0 N–H and O–H groups in total. The molecule has 0 bridgehead atoms. The van der Waals surface area contributed by atoms with E-state index >= 15 is 0 Å². The zero-order chi connectivity index (χ0) is 63.7. The molecule has 5 radical (unpaired) electrons. The van der Waals surface area contributed by atoms with Crippen molar-refractivity contribution in [2.75, 3.05) is 0 Å². The quantitative estimate of drug-likeness (QED) is 0.159. The Balaban J connectivity index is 0.0000000982. The first-order valence-corrected chi connectivity index (χ1v) is 36.4. The van der Waals surface area contributed by atoms with Crippen LogP contribution in [0.2, 0.25) is 0 Å². The third kappa shape index (κ3) is 11.7. The Labute approximate surface area is 589 Å². The van der Waals surface area contributed by atoms with Gasteiger partial charge in [-0.2, -0.15) is 0 Å². The molecule has 0 amide bonds. The minimum atomic E-state index is 0.904. The molecular weight excluding hydrogens is 1400 g/mol. The molecule has 437 valence electrons. The number of hydrogen-bond donors (Lipinski definition) is 0. The molecule has 19 aromatic rings. The SMILES string of the molecule is [AlH][n]1c2ccccc2c2ccc3cccnc3c21.[GaH][n]1c(-c2cc3ccccc3cn2)c(-c2ccccc2)c2ccccc21.[GaH][n]1c2ccccc2c2ccc3cccnc3c21.[GaH][n]1ccnc1-c1ncnc2ccccc12.[GaH][n]1cncc1-c1cc2ccccc2cn1. The molecule has 0 unspecified atom stereocenters. The van der Waals surface area contributed by atoms with Crippen LogP contribution in [0.1, 0.15) is 0 Å². The fourth-order valence-electron chi connectivity index (χ4n) is 12.5. The van der Waals surface area contributed by atoms with Crippen molar-refractivity contribution in [3.63, 3.8) is 0 Å². The number of rotatable bonds is 4. The Morgan fingerprint density at radius 3 is 1.54 bits per heavy atom. The molecule has 10 heterocycles. The summed E-state index contributed by atoms with van der Waals surface area (Å²) in [6.07, 6.45) is 16.7. The predicted molar refractivity (Wildman–Crippen MR) is 394 cm³/mol. The van der Waals surface area contributed by atoms with Gasteiger partial charge in [-0.25, -0.2) is 0 Å². The molecule has 0 aliphatic heterocycles. The van der Waals surface area contributed by atoms with Gasteiger partial charge in [0.15, 0.2) is 0 Å². The summed E-state index contributed by atoms with van der Waals surface area (Å²) in [4.78, 5) is 35.5. The molecule has 18 heteroatoms. The Morgan fingerprint density at radius 1 is 0.362 bits per heavy atom. The topological polar surface area (TPSA) is 128 Å². The van der Waals surface area contributed by atoms with E-state index in [1.807, 2.05) is 109 Å². The van der Waals surface area contributed by atoms with Crippen molar-refractivity contribution in [2.24, 2.45) is 0 Å². The number of pyridine rings is 4. The van der Waals surface area contributed by atoms with Crippen molar-refractivity contribution in [1.29, 1.82) is 0 Å². The third-order valence-corrected chi connectivity index (χ3v) is 22.5. The molecule has 0 saturated carbocycles. The average Bonchev–Trinajstić information content (AvgIpc) is 1.61. The Kier molecular flexibility index (Phi) is 17.4. The molecule has 94 heavy (non-hydrogen) atoms. The summed E-state index contributed by atoms with van der Waals surface area (Å²) >= 11 is 6.03. The number of hydrogen-bond acceptors (Lipinski definition) is 8. The number of nitrogens with zero attached hydrogens (tertiary/aromatic N) is 13. The summed E-state index contributed by atoms with van der Waals surface area (Å²) in [6, 6.07) is 82.3. The van der Waals surface area contributed by atoms with Gasteiger partial charge < -0.3 is 3.55 Å². The van der Waals surface area contributed by atoms with Gasteiger partial charge in [0, 0.05) is 27.9 Å². The third-order valence-electron chi connectivity index (χ3n) is 17.0. The van der Waals surface area contributed by atoms with Gasteiger partial charge in [0.1, 0.15) is 0 Å². The second-order valence-electron chi connectivity index (χ2n) is 22.5. The molecule has 0 aliphatic carbocycles. The molecule has 9 aromatic carbocycles. The van der Waals surface area contributed by atoms with E-state index in [1.165, 1.54) is 104 Å². The summed E-state index contributed by atoms with van der Waals surface area (Å²) < 4.78 is 11.2. The van der Waals surface area contributed by atoms with E-state index in [4.69, 9.17) is 4.98 Å². The van der Waals surface area contributed by atoms with Gasteiger partial charge in [-0.1, -0.05) is 36.4 Å². The van der Waals surface area contributed by atoms with Gasteiger partial charge in [-0.05, 0) is 12.1 Å². The maximum atomic E-state index is 4.82. The van der Waals surface area contributed by atoms with Crippen LogP contribution >= 0.6 is 0 Å². The molecular formula is C76H53AlGa4N13. The minimum absolute atomic E-state index is 0.904. The summed E-state index contributed by atoms with van der Waals surface area (Å²) in [5.74, 6) is 0.915. The first-order chi connectivity index (χ1) is 46.3. The van der Waals surface area contributed by atoms with Gasteiger partial charge in [0.05, 0.1) is 11.0 Å². The van der Waals surface area contributed by atoms with Crippen LogP contribution in [0.15, 0.2) is 293 Å². The number of fused-ring (bicyclic) bond motifs is 14. The Morgan fingerprint density at radius 2 is 0.894 bits per heavy atom. The fraction of sp³-hybridized carbons (Fsp3) is 0. The molecule has 0 spiro atoms. The molecule has 10 aromatic heterocycles. The summed E-state index contributed by atoms with van der Waals surface area (Å²) in [7, 11) is 0. The van der Waals surface area contributed by atoms with Crippen molar-refractivity contribution in [1.82, 2.24) is 56.5 Å². The zero-order valence-electron chi connectivity index (χ0n) is 51.1. The molecule has 13 nitrogen and oxygen atoms in total. The molecule has 19 rings (SSSR count). The molecule has 0 fully saturated rings. The van der Waals surface area contributed by atoms with Crippen LogP contribution in [0.3, 0.4) is 0 Å². The van der Waals surface area contributed by atoms with E-state index in [-0.39, 0.29) is 0 Å². The summed E-state index contributed by atoms with van der Waals surface area (Å²) in [5.41, 5.74) is 17.2. The zero-order valence-corrected chi connectivity index (χ0v) is 64.3. The van der Waals surface area contributed by atoms with E-state index in [0.717, 1.165) is 126 Å². The van der Waals surface area contributed by atoms with E-state index in [2.05, 4.69) is 240 Å². The number of aromatic nitrogens is 13. The van der Waals surface area contributed by atoms with Gasteiger partial charge in [0.2, 0.25) is 0 Å². The van der Waals surface area contributed by atoms with Crippen molar-refractivity contribution >= 4 is 201 Å². The van der Waals surface area contributed by atoms with Crippen molar-refractivity contribution in [3.8, 4) is 45.4 Å². The van der Waals surface area contributed by atoms with Crippen LogP contribution < -0.4 is 0 Å². The van der Waals surface area contributed by atoms with Crippen LogP contribution in [-0.2, 0) is 0 Å². The van der Waals surface area contributed by atoms with E-state index in [0.29, 0.717) is 0 Å². The van der Waals surface area contributed by atoms with Crippen LogP contribution in [0.5, 0.6) is 0 Å². The second kappa shape index (κ2) is 26.9. The molecule has 0 atom stereocenters. The van der Waals surface area contributed by atoms with Crippen LogP contribution in [0.4, 0.5) is 0 Å². The average molecular weight is 1450 g/mol. The molecule has 0 saturated heterocycles. The number of imidazole rings is 2. The standard InChI is InChI=1S/C23H15N2.2C15H9N2.C12H8N3.C11H7N4.Al.4Ga.5H/c1-2-8-16(9-3-1)22-19-12-6-7-13-20(19)25-23(22)21-14-17-10-4-5-11-18(17)15-24-21;2*1-2-6-13-11(5-1)12-8-7-10-4-3-9-16-14(10)15(12)17-13;1-2-4-10-6-14-11(5-9(10)3-1)12-7-13-8-15-12;1-2-4-9-8(3-1)10(15-7-14-9)11-12-5-6-13-11;;;;;;;;;;/h1-15H;2*1-9H;1-8H;1-7H;;;;;;;;;;/q5*-1;5*+1;;;;;.